The van der Waals surface area contributed by atoms with Gasteiger partial charge in [0.1, 0.15) is 5.75 Å². The first-order valence-electron chi connectivity index (χ1n) is 7.02. The molecule has 0 fully saturated rings. The molecule has 0 aliphatic rings. The van der Waals surface area contributed by atoms with Crippen LogP contribution in [0.25, 0.3) is 0 Å². The highest BCUT2D eigenvalue weighted by Gasteiger charge is 2.15. The van der Waals surface area contributed by atoms with E-state index in [4.69, 9.17) is 10.5 Å². The van der Waals surface area contributed by atoms with Gasteiger partial charge in [-0.25, -0.2) is 4.79 Å². The Morgan fingerprint density at radius 3 is 2.61 bits per heavy atom. The first-order chi connectivity index (χ1) is 10.9. The summed E-state index contributed by atoms with van der Waals surface area (Å²) in [4.78, 5) is 24.6. The summed E-state index contributed by atoms with van der Waals surface area (Å²) in [5, 5.41) is 5.59. The minimum absolute atomic E-state index is 0.246. The van der Waals surface area contributed by atoms with Gasteiger partial charge in [-0.05, 0) is 43.7 Å². The van der Waals surface area contributed by atoms with Crippen molar-refractivity contribution in [3.05, 3.63) is 45.6 Å². The number of anilines is 1. The second-order valence-corrected chi connectivity index (χ2v) is 6.21. The maximum atomic E-state index is 12.2. The molecule has 0 aliphatic heterocycles. The number of ether oxygens (including phenoxy) is 1. The van der Waals surface area contributed by atoms with E-state index in [-0.39, 0.29) is 12.1 Å². The van der Waals surface area contributed by atoms with Crippen molar-refractivity contribution in [2.75, 3.05) is 12.4 Å². The number of urea groups is 1. The largest absolute Gasteiger partial charge is 0.495 e. The molecule has 2 aromatic rings. The lowest BCUT2D eigenvalue weighted by Crippen LogP contribution is -2.30. The third-order valence-corrected chi connectivity index (χ3v) is 4.53. The third kappa shape index (κ3) is 4.23. The number of aryl methyl sites for hydroxylation is 1. The maximum Gasteiger partial charge on any atom is 0.319 e. The number of benzene rings is 1. The smallest absolute Gasteiger partial charge is 0.319 e. The molecule has 0 saturated carbocycles. The summed E-state index contributed by atoms with van der Waals surface area (Å²) in [7, 11) is 1.55. The minimum atomic E-state index is -0.470. The van der Waals surface area contributed by atoms with Crippen LogP contribution in [0.2, 0.25) is 0 Å². The number of carbonyl (C=O) groups excluding carboxylic acids is 2. The molecule has 0 radical (unpaired) electrons. The Morgan fingerprint density at radius 2 is 2.00 bits per heavy atom. The first kappa shape index (κ1) is 16.8. The summed E-state index contributed by atoms with van der Waals surface area (Å²) in [6, 6.07) is 8.37. The third-order valence-electron chi connectivity index (χ3n) is 3.25. The molecule has 23 heavy (non-hydrogen) atoms. The van der Waals surface area contributed by atoms with Crippen molar-refractivity contribution in [3.8, 4) is 5.75 Å². The Bertz CT molecular complexity index is 727. The van der Waals surface area contributed by atoms with Crippen LogP contribution in [0.3, 0.4) is 0 Å². The van der Waals surface area contributed by atoms with Crippen LogP contribution in [0.5, 0.6) is 5.75 Å². The molecule has 0 saturated heterocycles. The Balaban J connectivity index is 2.04. The molecule has 1 unspecified atom stereocenters. The topological polar surface area (TPSA) is 93.4 Å². The fourth-order valence-corrected chi connectivity index (χ4v) is 2.93. The molecule has 4 N–H and O–H groups in total. The number of primary amides is 1. The molecule has 7 heteroatoms. The number of hydrogen-bond acceptors (Lipinski definition) is 4. The van der Waals surface area contributed by atoms with Crippen LogP contribution in [-0.2, 0) is 0 Å². The lowest BCUT2D eigenvalue weighted by molar-refractivity contribution is 0.100. The molecule has 0 aliphatic carbocycles. The second-order valence-electron chi connectivity index (χ2n) is 5.09. The molecule has 122 valence electrons. The van der Waals surface area contributed by atoms with Crippen LogP contribution in [0.15, 0.2) is 30.3 Å². The fourth-order valence-electron chi connectivity index (χ4n) is 2.06. The van der Waals surface area contributed by atoms with Gasteiger partial charge >= 0.3 is 6.03 Å². The van der Waals surface area contributed by atoms with E-state index < -0.39 is 5.91 Å². The number of amides is 3. The van der Waals surface area contributed by atoms with E-state index >= 15 is 0 Å². The van der Waals surface area contributed by atoms with Gasteiger partial charge < -0.3 is 21.1 Å². The Kier molecular flexibility index (Phi) is 5.23. The Morgan fingerprint density at radius 1 is 1.26 bits per heavy atom. The van der Waals surface area contributed by atoms with E-state index in [1.807, 2.05) is 26.0 Å². The predicted molar refractivity (Wildman–Crippen MR) is 91.1 cm³/mol. The van der Waals surface area contributed by atoms with Gasteiger partial charge in [0.05, 0.1) is 23.7 Å². The van der Waals surface area contributed by atoms with Crippen molar-refractivity contribution in [2.45, 2.75) is 19.9 Å². The molecular formula is C16H19N3O3S. The second kappa shape index (κ2) is 7.15. The van der Waals surface area contributed by atoms with Crippen LogP contribution >= 0.6 is 11.3 Å². The van der Waals surface area contributed by atoms with E-state index in [9.17, 15) is 9.59 Å². The monoisotopic (exact) mass is 333 g/mol. The van der Waals surface area contributed by atoms with E-state index in [1.54, 1.807) is 25.3 Å². The number of nitrogens with two attached hydrogens (primary N) is 1. The van der Waals surface area contributed by atoms with Gasteiger partial charge in [-0.2, -0.15) is 0 Å². The van der Waals surface area contributed by atoms with Gasteiger partial charge in [0.15, 0.2) is 0 Å². The summed E-state index contributed by atoms with van der Waals surface area (Å²) in [6.45, 7) is 3.77. The number of thiophene rings is 1. The number of hydrogen-bond donors (Lipinski definition) is 3. The zero-order chi connectivity index (χ0) is 17.0. The van der Waals surface area contributed by atoms with Crippen molar-refractivity contribution in [1.29, 1.82) is 0 Å². The zero-order valence-electron chi connectivity index (χ0n) is 13.2. The van der Waals surface area contributed by atoms with Gasteiger partial charge in [0.25, 0.3) is 5.91 Å². The molecule has 0 bridgehead atoms. The molecule has 3 amide bonds. The average molecular weight is 333 g/mol. The summed E-state index contributed by atoms with van der Waals surface area (Å²) < 4.78 is 5.23. The maximum absolute atomic E-state index is 12.2. The van der Waals surface area contributed by atoms with Crippen molar-refractivity contribution in [1.82, 2.24) is 5.32 Å². The summed E-state index contributed by atoms with van der Waals surface area (Å²) in [6.07, 6.45) is 0. The predicted octanol–water partition coefficient (Wildman–Crippen LogP) is 3.05. The highest BCUT2D eigenvalue weighted by atomic mass is 32.1. The van der Waals surface area contributed by atoms with E-state index in [0.717, 1.165) is 10.4 Å². The van der Waals surface area contributed by atoms with E-state index in [0.29, 0.717) is 16.3 Å². The van der Waals surface area contributed by atoms with Crippen molar-refractivity contribution < 1.29 is 14.3 Å². The first-order valence-corrected chi connectivity index (χ1v) is 7.84. The summed E-state index contributed by atoms with van der Waals surface area (Å²) in [5.74, 6) is 0.118. The van der Waals surface area contributed by atoms with Gasteiger partial charge in [0, 0.05) is 4.88 Å². The molecule has 6 nitrogen and oxygen atoms in total. The SMILES string of the molecule is COc1ccc(C)cc1NC(=O)NC(C)c1ccc(C(N)=O)s1. The highest BCUT2D eigenvalue weighted by Crippen LogP contribution is 2.26. The molecule has 1 aromatic heterocycles. The van der Waals surface area contributed by atoms with E-state index in [1.165, 1.54) is 11.3 Å². The lowest BCUT2D eigenvalue weighted by Gasteiger charge is -2.15. The van der Waals surface area contributed by atoms with Crippen molar-refractivity contribution in [2.24, 2.45) is 5.73 Å². The van der Waals surface area contributed by atoms with Crippen LogP contribution in [0, 0.1) is 6.92 Å². The van der Waals surface area contributed by atoms with E-state index in [2.05, 4.69) is 10.6 Å². The van der Waals surface area contributed by atoms with Gasteiger partial charge in [-0.15, -0.1) is 11.3 Å². The minimum Gasteiger partial charge on any atom is -0.495 e. The molecule has 0 spiro atoms. The lowest BCUT2D eigenvalue weighted by atomic mass is 10.2. The van der Waals surface area contributed by atoms with Crippen molar-refractivity contribution in [3.63, 3.8) is 0 Å². The van der Waals surface area contributed by atoms with Gasteiger partial charge in [0.2, 0.25) is 0 Å². The molecule has 2 rings (SSSR count). The standard InChI is InChI=1S/C16H19N3O3S/c1-9-4-5-12(22-3)11(8-9)19-16(21)18-10(2)13-6-7-14(23-13)15(17)20/h4-8,10H,1-3H3,(H2,17,20)(H2,18,19,21). The van der Waals surface area contributed by atoms with Crippen molar-refractivity contribution >= 4 is 29.0 Å². The average Bonchev–Trinajstić information content (AvgIpc) is 2.97. The number of nitrogens with one attached hydrogen (secondary N) is 2. The molecule has 1 heterocycles. The van der Waals surface area contributed by atoms with Crippen LogP contribution in [0.1, 0.15) is 33.1 Å². The zero-order valence-corrected chi connectivity index (χ0v) is 14.0. The van der Waals surface area contributed by atoms with Crippen LogP contribution < -0.4 is 21.1 Å². The fraction of sp³-hybridized carbons (Fsp3) is 0.250. The summed E-state index contributed by atoms with van der Waals surface area (Å²) in [5.41, 5.74) is 6.85. The molecule has 1 aromatic carbocycles. The Labute approximate surface area is 138 Å². The quantitative estimate of drug-likeness (QED) is 0.785. The summed E-state index contributed by atoms with van der Waals surface area (Å²) >= 11 is 1.27. The normalized spacial score (nSPS) is 11.6. The van der Waals surface area contributed by atoms with Crippen LogP contribution in [-0.4, -0.2) is 19.0 Å². The molecule has 1 atom stereocenters. The van der Waals surface area contributed by atoms with Gasteiger partial charge in [-0.1, -0.05) is 6.07 Å². The number of carbonyl (C=O) groups is 2. The molecular weight excluding hydrogens is 314 g/mol. The number of rotatable bonds is 5. The van der Waals surface area contributed by atoms with Crippen LogP contribution in [0.4, 0.5) is 10.5 Å². The highest BCUT2D eigenvalue weighted by molar-refractivity contribution is 7.14. The number of methoxy groups -OCH3 is 1. The Hall–Kier alpha value is -2.54. The van der Waals surface area contributed by atoms with Gasteiger partial charge in [-0.3, -0.25) is 4.79 Å².